The number of carbonyl (C=O) groups excluding carboxylic acids is 1. The number of thiol groups is 1. The van der Waals surface area contributed by atoms with Crippen molar-refractivity contribution in [3.8, 4) is 5.75 Å². The van der Waals surface area contributed by atoms with E-state index in [-0.39, 0.29) is 15.5 Å². The van der Waals surface area contributed by atoms with Gasteiger partial charge in [0, 0.05) is 23.6 Å². The maximum atomic E-state index is 13.0. The van der Waals surface area contributed by atoms with E-state index >= 15 is 0 Å². The van der Waals surface area contributed by atoms with Crippen LogP contribution in [-0.2, 0) is 25.1 Å². The normalized spacial score (nSPS) is 11.5. The van der Waals surface area contributed by atoms with Crippen LogP contribution < -0.4 is 15.1 Å². The molecule has 35 heavy (non-hydrogen) atoms. The molecule has 0 radical (unpaired) electrons. The van der Waals surface area contributed by atoms with E-state index in [1.54, 1.807) is 48.5 Å². The van der Waals surface area contributed by atoms with Gasteiger partial charge < -0.3 is 15.0 Å². The van der Waals surface area contributed by atoms with Crippen LogP contribution in [0.25, 0.3) is 10.9 Å². The van der Waals surface area contributed by atoms with E-state index < -0.39 is 26.7 Å². The predicted octanol–water partition coefficient (Wildman–Crippen LogP) is 3.16. The number of aromatic amines is 1. The van der Waals surface area contributed by atoms with Gasteiger partial charge in [-0.25, -0.2) is 21.9 Å². The van der Waals surface area contributed by atoms with Gasteiger partial charge in [0.15, 0.2) is 0 Å². The van der Waals surface area contributed by atoms with Crippen molar-refractivity contribution in [2.75, 3.05) is 24.5 Å². The highest BCUT2D eigenvalue weighted by Crippen LogP contribution is 2.26. The van der Waals surface area contributed by atoms with Crippen LogP contribution in [0, 0.1) is 0 Å². The molecule has 0 unspecified atom stereocenters. The molecule has 1 heterocycles. The van der Waals surface area contributed by atoms with E-state index in [1.807, 2.05) is 0 Å². The second-order valence-corrected chi connectivity index (χ2v) is 9.98. The van der Waals surface area contributed by atoms with Gasteiger partial charge in [-0.15, -0.1) is 0 Å². The molecule has 3 aromatic carbocycles. The zero-order chi connectivity index (χ0) is 25.2. The fourth-order valence-corrected chi connectivity index (χ4v) is 5.01. The number of amides is 1. The number of nitrogens with one attached hydrogen (secondary N) is 2. The maximum absolute atomic E-state index is 13.0. The summed E-state index contributed by atoms with van der Waals surface area (Å²) in [4.78, 5) is 15.9. The fraction of sp³-hybridized carbons (Fsp3) is 0.0870. The minimum absolute atomic E-state index is 0.0292. The second kappa shape index (κ2) is 9.78. The average molecular weight is 516 g/mol. The maximum Gasteiger partial charge on any atom is 0.277 e. The van der Waals surface area contributed by atoms with Crippen LogP contribution in [-0.4, -0.2) is 41.9 Å². The Morgan fingerprint density at radius 1 is 0.971 bits per heavy atom. The summed E-state index contributed by atoms with van der Waals surface area (Å²) in [6, 6.07) is 18.6. The van der Waals surface area contributed by atoms with E-state index in [9.17, 15) is 21.6 Å². The van der Waals surface area contributed by atoms with Gasteiger partial charge >= 0.3 is 0 Å². The number of H-pyrrole nitrogens is 1. The summed E-state index contributed by atoms with van der Waals surface area (Å²) in [5.74, 6) is 0.0597. The van der Waals surface area contributed by atoms with Crippen molar-refractivity contribution in [1.29, 1.82) is 0 Å². The van der Waals surface area contributed by atoms with Gasteiger partial charge in [0.2, 0.25) is 9.84 Å². The van der Waals surface area contributed by atoms with E-state index in [2.05, 4.69) is 14.6 Å². The molecule has 0 aliphatic carbocycles. The molecule has 2 N–H and O–H groups in total. The van der Waals surface area contributed by atoms with Gasteiger partial charge in [-0.3, -0.25) is 4.79 Å². The molecule has 0 saturated heterocycles. The highest BCUT2D eigenvalue weighted by molar-refractivity contribution is 7.91. The highest BCUT2D eigenvalue weighted by Gasteiger charge is 2.19. The van der Waals surface area contributed by atoms with Crippen LogP contribution in [0.2, 0.25) is 0 Å². The molecule has 4 rings (SSSR count). The SMILES string of the molecule is COc1ccc(S(=O)(=O)c2cccc(NC(=O)c3cc4ccc(N(C)O[SH](=O)=O)cc4[nH]3)c2)cc1. The van der Waals surface area contributed by atoms with Gasteiger partial charge in [-0.1, -0.05) is 12.1 Å². The lowest BCUT2D eigenvalue weighted by Gasteiger charge is -2.13. The van der Waals surface area contributed by atoms with Gasteiger partial charge in [-0.05, 0) is 60.7 Å². The first-order valence-corrected chi connectivity index (χ1v) is 12.7. The topological polar surface area (TPSA) is 135 Å². The summed E-state index contributed by atoms with van der Waals surface area (Å²) in [7, 11) is -3.94. The lowest BCUT2D eigenvalue weighted by atomic mass is 10.2. The van der Waals surface area contributed by atoms with Crippen molar-refractivity contribution < 1.29 is 30.7 Å². The molecular weight excluding hydrogens is 494 g/mol. The minimum Gasteiger partial charge on any atom is -0.497 e. The fourth-order valence-electron chi connectivity index (χ4n) is 3.41. The molecular formula is C23H21N3O7S2. The van der Waals surface area contributed by atoms with E-state index in [0.717, 1.165) is 10.4 Å². The number of nitrogens with zero attached hydrogens (tertiary/aromatic N) is 1. The average Bonchev–Trinajstić information content (AvgIpc) is 3.27. The number of carbonyl (C=O) groups is 1. The highest BCUT2D eigenvalue weighted by atomic mass is 32.2. The Morgan fingerprint density at radius 3 is 2.40 bits per heavy atom. The number of anilines is 2. The number of methoxy groups -OCH3 is 1. The zero-order valence-corrected chi connectivity index (χ0v) is 20.3. The smallest absolute Gasteiger partial charge is 0.277 e. The van der Waals surface area contributed by atoms with Crippen LogP contribution >= 0.6 is 0 Å². The molecule has 0 spiro atoms. The standard InChI is InChI=1S/C23H21N3O7S2/c1-26(33-34(28)29)17-7-6-15-12-22(25-21(15)14-17)23(27)24-16-4-3-5-20(13-16)35(30,31)19-10-8-18(32-2)9-11-19/h3-14,25,34H,1-2H3,(H,24,27). The van der Waals surface area contributed by atoms with Crippen molar-refractivity contribution in [2.24, 2.45) is 0 Å². The Labute approximate surface area is 203 Å². The molecule has 0 saturated carbocycles. The van der Waals surface area contributed by atoms with Crippen molar-refractivity contribution in [3.63, 3.8) is 0 Å². The number of fused-ring (bicyclic) bond motifs is 1. The third kappa shape index (κ3) is 5.29. The Balaban J connectivity index is 1.55. The largest absolute Gasteiger partial charge is 0.497 e. The molecule has 0 fully saturated rings. The number of aromatic nitrogens is 1. The van der Waals surface area contributed by atoms with Gasteiger partial charge in [0.05, 0.1) is 22.6 Å². The van der Waals surface area contributed by atoms with Crippen LogP contribution in [0.5, 0.6) is 5.75 Å². The van der Waals surface area contributed by atoms with E-state index in [0.29, 0.717) is 22.6 Å². The number of hydroxylamine groups is 1. The molecule has 10 nitrogen and oxygen atoms in total. The first-order valence-electron chi connectivity index (χ1n) is 10.2. The number of hydrogen-bond donors (Lipinski definition) is 3. The first-order chi connectivity index (χ1) is 16.7. The molecule has 4 aromatic rings. The number of hydrogen-bond acceptors (Lipinski definition) is 8. The van der Waals surface area contributed by atoms with Crippen LogP contribution in [0.4, 0.5) is 11.4 Å². The molecule has 182 valence electrons. The minimum atomic E-state index is -3.80. The monoisotopic (exact) mass is 515 g/mol. The molecule has 0 atom stereocenters. The van der Waals surface area contributed by atoms with Gasteiger partial charge in [0.1, 0.15) is 11.4 Å². The Hall–Kier alpha value is -3.87. The molecule has 1 aromatic heterocycles. The third-order valence-corrected chi connectivity index (χ3v) is 7.32. The van der Waals surface area contributed by atoms with Crippen molar-refractivity contribution in [1.82, 2.24) is 4.98 Å². The lowest BCUT2D eigenvalue weighted by Crippen LogP contribution is -2.16. The van der Waals surface area contributed by atoms with Crippen LogP contribution in [0.3, 0.4) is 0 Å². The van der Waals surface area contributed by atoms with Gasteiger partial charge in [-0.2, -0.15) is 4.28 Å². The van der Waals surface area contributed by atoms with Crippen LogP contribution in [0.15, 0.2) is 82.6 Å². The molecule has 0 aliphatic heterocycles. The molecule has 1 amide bonds. The molecule has 0 aliphatic rings. The van der Waals surface area contributed by atoms with Crippen molar-refractivity contribution in [2.45, 2.75) is 9.79 Å². The van der Waals surface area contributed by atoms with Crippen LogP contribution in [0.1, 0.15) is 10.5 Å². The molecule has 0 bridgehead atoms. The Bertz CT molecular complexity index is 1570. The number of ether oxygens (including phenoxy) is 1. The van der Waals surface area contributed by atoms with Crippen molar-refractivity contribution in [3.05, 3.63) is 78.5 Å². The van der Waals surface area contributed by atoms with E-state index in [1.165, 1.54) is 38.4 Å². The number of benzene rings is 3. The predicted molar refractivity (Wildman–Crippen MR) is 131 cm³/mol. The summed E-state index contributed by atoms with van der Waals surface area (Å²) >= 11 is 0. The summed E-state index contributed by atoms with van der Waals surface area (Å²) in [5.41, 5.74) is 1.58. The summed E-state index contributed by atoms with van der Waals surface area (Å²) in [6.45, 7) is 0. The Kier molecular flexibility index (Phi) is 6.78. The number of rotatable bonds is 8. The zero-order valence-electron chi connectivity index (χ0n) is 18.6. The number of sulfone groups is 1. The summed E-state index contributed by atoms with van der Waals surface area (Å²) in [5, 5.41) is 4.50. The quantitative estimate of drug-likeness (QED) is 0.241. The van der Waals surface area contributed by atoms with E-state index in [4.69, 9.17) is 4.74 Å². The summed E-state index contributed by atoms with van der Waals surface area (Å²) in [6.07, 6.45) is 0. The molecule has 12 heteroatoms. The van der Waals surface area contributed by atoms with Crippen molar-refractivity contribution >= 4 is 49.0 Å². The lowest BCUT2D eigenvalue weighted by molar-refractivity contribution is 0.102. The second-order valence-electron chi connectivity index (χ2n) is 7.42. The van der Waals surface area contributed by atoms with Gasteiger partial charge in [0.25, 0.3) is 16.9 Å². The Morgan fingerprint density at radius 2 is 1.71 bits per heavy atom. The summed E-state index contributed by atoms with van der Waals surface area (Å²) < 4.78 is 57.3. The third-order valence-electron chi connectivity index (χ3n) is 5.18. The first kappa shape index (κ1) is 24.3.